The minimum atomic E-state index is 0.466. The molecule has 1 aromatic heterocycles. The van der Waals surface area contributed by atoms with Crippen molar-refractivity contribution in [3.05, 3.63) is 41.6 Å². The number of aromatic nitrogens is 2. The smallest absolute Gasteiger partial charge is 0.138 e. The minimum Gasteiger partial charge on any atom is -0.362 e. The van der Waals surface area contributed by atoms with Crippen LogP contribution in [-0.2, 0) is 11.5 Å². The Labute approximate surface area is 93.2 Å². The lowest BCUT2D eigenvalue weighted by molar-refractivity contribution is 0.121. The lowest BCUT2D eigenvalue weighted by Crippen LogP contribution is -1.99. The Morgan fingerprint density at radius 1 is 1.27 bits per heavy atom. The molecule has 0 bridgehead atoms. The van der Waals surface area contributed by atoms with Gasteiger partial charge in [0.2, 0.25) is 0 Å². The number of nitrogens with zero attached hydrogens (tertiary/aromatic N) is 2. The van der Waals surface area contributed by atoms with Crippen LogP contribution in [0.5, 0.6) is 0 Å². The van der Waals surface area contributed by atoms with Gasteiger partial charge < -0.3 is 4.74 Å². The van der Waals surface area contributed by atoms with Crippen molar-refractivity contribution in [1.29, 1.82) is 0 Å². The fraction of sp³-hybridized carbons (Fsp3) is 0.182. The summed E-state index contributed by atoms with van der Waals surface area (Å²) in [4.78, 5) is 0. The first-order chi connectivity index (χ1) is 7.29. The summed E-state index contributed by atoms with van der Waals surface area (Å²) in [5, 5.41) is 5.08. The largest absolute Gasteiger partial charge is 0.362 e. The molecule has 4 heteroatoms. The molecule has 1 heterocycles. The van der Waals surface area contributed by atoms with Crippen molar-refractivity contribution >= 4 is 11.6 Å². The number of methoxy groups -OCH3 is 1. The molecule has 0 aliphatic heterocycles. The van der Waals surface area contributed by atoms with Gasteiger partial charge in [-0.15, -0.1) is 0 Å². The summed E-state index contributed by atoms with van der Waals surface area (Å²) in [6, 6.07) is 9.55. The predicted molar refractivity (Wildman–Crippen MR) is 59.7 cm³/mol. The lowest BCUT2D eigenvalue weighted by atomic mass is 10.2. The number of rotatable bonds is 3. The quantitative estimate of drug-likeness (QED) is 0.799. The van der Waals surface area contributed by atoms with Crippen molar-refractivity contribution in [3.8, 4) is 11.3 Å². The predicted octanol–water partition coefficient (Wildman–Crippen LogP) is 2.81. The average molecular weight is 223 g/mol. The molecule has 0 saturated heterocycles. The molecule has 0 radical (unpaired) electrons. The zero-order chi connectivity index (χ0) is 10.7. The summed E-state index contributed by atoms with van der Waals surface area (Å²) in [6.07, 6.45) is 1.88. The zero-order valence-corrected chi connectivity index (χ0v) is 9.11. The van der Waals surface area contributed by atoms with Crippen molar-refractivity contribution in [2.75, 3.05) is 7.11 Å². The van der Waals surface area contributed by atoms with Crippen molar-refractivity contribution in [2.24, 2.45) is 0 Å². The molecule has 0 atom stereocenters. The maximum atomic E-state index is 5.81. The highest BCUT2D eigenvalue weighted by molar-refractivity contribution is 6.30. The average Bonchev–Trinajstić information content (AvgIpc) is 2.68. The lowest BCUT2D eigenvalue weighted by Gasteiger charge is -1.98. The van der Waals surface area contributed by atoms with E-state index in [0.717, 1.165) is 16.3 Å². The fourth-order valence-corrected chi connectivity index (χ4v) is 1.47. The summed E-state index contributed by atoms with van der Waals surface area (Å²) in [5.74, 6) is 0. The Morgan fingerprint density at radius 2 is 2.00 bits per heavy atom. The number of hydrogen-bond donors (Lipinski definition) is 0. The molecular weight excluding hydrogens is 212 g/mol. The van der Waals surface area contributed by atoms with E-state index in [0.29, 0.717) is 6.73 Å². The SMILES string of the molecule is COCn1ccc(-c2ccc(Cl)cc2)n1. The van der Waals surface area contributed by atoms with Gasteiger partial charge in [-0.05, 0) is 18.2 Å². The monoisotopic (exact) mass is 222 g/mol. The highest BCUT2D eigenvalue weighted by Gasteiger charge is 2.01. The third kappa shape index (κ3) is 2.37. The van der Waals surface area contributed by atoms with E-state index in [1.165, 1.54) is 0 Å². The Kier molecular flexibility index (Phi) is 3.04. The van der Waals surface area contributed by atoms with E-state index >= 15 is 0 Å². The van der Waals surface area contributed by atoms with Gasteiger partial charge in [0.15, 0.2) is 0 Å². The Hall–Kier alpha value is -1.32. The van der Waals surface area contributed by atoms with E-state index in [1.54, 1.807) is 11.8 Å². The van der Waals surface area contributed by atoms with Crippen molar-refractivity contribution < 1.29 is 4.74 Å². The molecule has 2 rings (SSSR count). The summed E-state index contributed by atoms with van der Waals surface area (Å²) < 4.78 is 6.72. The molecule has 0 aliphatic carbocycles. The zero-order valence-electron chi connectivity index (χ0n) is 8.35. The van der Waals surface area contributed by atoms with Crippen LogP contribution in [0.4, 0.5) is 0 Å². The Bertz CT molecular complexity index is 436. The van der Waals surface area contributed by atoms with Gasteiger partial charge in [0.25, 0.3) is 0 Å². The van der Waals surface area contributed by atoms with E-state index in [1.807, 2.05) is 36.5 Å². The standard InChI is InChI=1S/C11H11ClN2O/c1-15-8-14-7-6-11(13-14)9-2-4-10(12)5-3-9/h2-7H,8H2,1H3. The number of ether oxygens (including phenoxy) is 1. The highest BCUT2D eigenvalue weighted by atomic mass is 35.5. The second kappa shape index (κ2) is 4.47. The molecule has 0 saturated carbocycles. The van der Waals surface area contributed by atoms with Gasteiger partial charge in [-0.2, -0.15) is 5.10 Å². The van der Waals surface area contributed by atoms with Crippen LogP contribution in [0, 0.1) is 0 Å². The summed E-state index contributed by atoms with van der Waals surface area (Å²) in [6.45, 7) is 0.466. The summed E-state index contributed by atoms with van der Waals surface area (Å²) in [5.41, 5.74) is 1.97. The maximum absolute atomic E-state index is 5.81. The molecule has 78 valence electrons. The van der Waals surface area contributed by atoms with Crippen LogP contribution < -0.4 is 0 Å². The Morgan fingerprint density at radius 3 is 2.67 bits per heavy atom. The molecule has 0 aliphatic rings. The highest BCUT2D eigenvalue weighted by Crippen LogP contribution is 2.19. The molecule has 15 heavy (non-hydrogen) atoms. The van der Waals surface area contributed by atoms with Gasteiger partial charge >= 0.3 is 0 Å². The van der Waals surface area contributed by atoms with Gasteiger partial charge in [0.05, 0.1) is 5.69 Å². The summed E-state index contributed by atoms with van der Waals surface area (Å²) in [7, 11) is 1.64. The van der Waals surface area contributed by atoms with Crippen molar-refractivity contribution in [3.63, 3.8) is 0 Å². The van der Waals surface area contributed by atoms with Gasteiger partial charge in [-0.1, -0.05) is 23.7 Å². The molecule has 2 aromatic rings. The number of hydrogen-bond acceptors (Lipinski definition) is 2. The van der Waals surface area contributed by atoms with Crippen LogP contribution in [0.15, 0.2) is 36.5 Å². The topological polar surface area (TPSA) is 27.1 Å². The number of benzene rings is 1. The minimum absolute atomic E-state index is 0.466. The molecular formula is C11H11ClN2O. The molecule has 0 N–H and O–H groups in total. The van der Waals surface area contributed by atoms with E-state index < -0.39 is 0 Å². The Balaban J connectivity index is 2.25. The maximum Gasteiger partial charge on any atom is 0.138 e. The van der Waals surface area contributed by atoms with Crippen LogP contribution in [-0.4, -0.2) is 16.9 Å². The molecule has 0 spiro atoms. The van der Waals surface area contributed by atoms with Crippen LogP contribution in [0.2, 0.25) is 5.02 Å². The normalized spacial score (nSPS) is 10.5. The van der Waals surface area contributed by atoms with Crippen LogP contribution in [0.1, 0.15) is 0 Å². The molecule has 1 aromatic carbocycles. The third-order valence-electron chi connectivity index (χ3n) is 2.04. The second-order valence-corrected chi connectivity index (χ2v) is 3.60. The number of halogens is 1. The first kappa shape index (κ1) is 10.2. The van der Waals surface area contributed by atoms with Gasteiger partial charge in [-0.3, -0.25) is 0 Å². The molecule has 0 amide bonds. The molecule has 3 nitrogen and oxygen atoms in total. The van der Waals surface area contributed by atoms with Gasteiger partial charge in [0, 0.05) is 23.9 Å². The van der Waals surface area contributed by atoms with Gasteiger partial charge in [-0.25, -0.2) is 4.68 Å². The van der Waals surface area contributed by atoms with E-state index in [2.05, 4.69) is 5.10 Å². The first-order valence-electron chi connectivity index (χ1n) is 4.58. The fourth-order valence-electron chi connectivity index (χ4n) is 1.34. The van der Waals surface area contributed by atoms with Crippen molar-refractivity contribution in [1.82, 2.24) is 9.78 Å². The molecule has 0 unspecified atom stereocenters. The second-order valence-electron chi connectivity index (χ2n) is 3.17. The first-order valence-corrected chi connectivity index (χ1v) is 4.96. The van der Waals surface area contributed by atoms with Crippen LogP contribution >= 0.6 is 11.6 Å². The van der Waals surface area contributed by atoms with Crippen LogP contribution in [0.25, 0.3) is 11.3 Å². The van der Waals surface area contributed by atoms with E-state index in [4.69, 9.17) is 16.3 Å². The third-order valence-corrected chi connectivity index (χ3v) is 2.29. The molecule has 0 fully saturated rings. The van der Waals surface area contributed by atoms with Gasteiger partial charge in [0.1, 0.15) is 6.73 Å². The van der Waals surface area contributed by atoms with E-state index in [-0.39, 0.29) is 0 Å². The summed E-state index contributed by atoms with van der Waals surface area (Å²) >= 11 is 5.81. The van der Waals surface area contributed by atoms with Crippen molar-refractivity contribution in [2.45, 2.75) is 6.73 Å². The van der Waals surface area contributed by atoms with Crippen LogP contribution in [0.3, 0.4) is 0 Å². The van der Waals surface area contributed by atoms with E-state index in [9.17, 15) is 0 Å².